The third-order valence-corrected chi connectivity index (χ3v) is 4.36. The van der Waals surface area contributed by atoms with Crippen LogP contribution in [-0.2, 0) is 0 Å². The van der Waals surface area contributed by atoms with Crippen LogP contribution < -0.4 is 9.47 Å². The van der Waals surface area contributed by atoms with Crippen LogP contribution in [0.3, 0.4) is 0 Å². The Hall–Kier alpha value is -3.80. The molecule has 0 aliphatic heterocycles. The van der Waals surface area contributed by atoms with Crippen LogP contribution in [0.25, 0.3) is 0 Å². The molecular weight excluding hydrogens is 356 g/mol. The predicted octanol–water partition coefficient (Wildman–Crippen LogP) is 4.16. The Bertz CT molecular complexity index is 911. The summed E-state index contributed by atoms with van der Waals surface area (Å²) in [6, 6.07) is 21.6. The van der Waals surface area contributed by atoms with E-state index in [0.29, 0.717) is 45.2 Å². The zero-order valence-electron chi connectivity index (χ0n) is 15.5. The van der Waals surface area contributed by atoms with E-state index in [9.17, 15) is 10.4 Å². The van der Waals surface area contributed by atoms with E-state index in [2.05, 4.69) is 10.3 Å². The molecule has 0 radical (unpaired) electrons. The van der Waals surface area contributed by atoms with Crippen molar-refractivity contribution in [3.63, 3.8) is 0 Å². The maximum absolute atomic E-state index is 9.72. The molecule has 0 saturated heterocycles. The SMILES string of the molecule is COc1ccc(C(=NO)c2ccccc2C(=NO)c2ccc(OC)cc2)cc1. The molecule has 3 aromatic rings. The lowest BCUT2D eigenvalue weighted by atomic mass is 9.92. The van der Waals surface area contributed by atoms with Gasteiger partial charge in [-0.1, -0.05) is 34.6 Å². The summed E-state index contributed by atoms with van der Waals surface area (Å²) in [4.78, 5) is 0. The van der Waals surface area contributed by atoms with E-state index < -0.39 is 0 Å². The van der Waals surface area contributed by atoms with Gasteiger partial charge in [0.15, 0.2) is 0 Å². The van der Waals surface area contributed by atoms with Gasteiger partial charge in [-0.3, -0.25) is 0 Å². The Morgan fingerprint density at radius 1 is 0.607 bits per heavy atom. The van der Waals surface area contributed by atoms with Crippen molar-refractivity contribution in [2.75, 3.05) is 14.2 Å². The topological polar surface area (TPSA) is 83.6 Å². The number of methoxy groups -OCH3 is 2. The minimum atomic E-state index is 0.355. The van der Waals surface area contributed by atoms with Crippen molar-refractivity contribution in [1.82, 2.24) is 0 Å². The summed E-state index contributed by atoms with van der Waals surface area (Å²) < 4.78 is 10.4. The molecule has 2 N–H and O–H groups in total. The fourth-order valence-corrected chi connectivity index (χ4v) is 2.93. The van der Waals surface area contributed by atoms with E-state index in [0.717, 1.165) is 0 Å². The molecule has 3 aromatic carbocycles. The van der Waals surface area contributed by atoms with Crippen LogP contribution in [-0.4, -0.2) is 36.1 Å². The fraction of sp³-hybridized carbons (Fsp3) is 0.0909. The van der Waals surface area contributed by atoms with Crippen molar-refractivity contribution in [3.8, 4) is 11.5 Å². The second-order valence-corrected chi connectivity index (χ2v) is 5.90. The molecular formula is C22H20N2O4. The first-order chi connectivity index (χ1) is 13.7. The molecule has 0 aromatic heterocycles. The zero-order valence-corrected chi connectivity index (χ0v) is 15.5. The maximum atomic E-state index is 9.72. The summed E-state index contributed by atoms with van der Waals surface area (Å²) in [5.74, 6) is 1.40. The summed E-state index contributed by atoms with van der Waals surface area (Å²) in [6.45, 7) is 0. The first kappa shape index (κ1) is 19.0. The average molecular weight is 376 g/mol. The maximum Gasteiger partial charge on any atom is 0.118 e. The summed E-state index contributed by atoms with van der Waals surface area (Å²) in [6.07, 6.45) is 0. The smallest absolute Gasteiger partial charge is 0.118 e. The van der Waals surface area contributed by atoms with Gasteiger partial charge < -0.3 is 19.9 Å². The molecule has 0 heterocycles. The normalized spacial score (nSPS) is 11.9. The van der Waals surface area contributed by atoms with Crippen molar-refractivity contribution in [1.29, 1.82) is 0 Å². The molecule has 142 valence electrons. The quantitative estimate of drug-likeness (QED) is 0.384. The van der Waals surface area contributed by atoms with E-state index in [-0.39, 0.29) is 0 Å². The molecule has 0 bridgehead atoms. The Labute approximate surface area is 163 Å². The van der Waals surface area contributed by atoms with E-state index in [1.165, 1.54) is 0 Å². The lowest BCUT2D eigenvalue weighted by Gasteiger charge is -2.13. The van der Waals surface area contributed by atoms with Gasteiger partial charge in [0.1, 0.15) is 22.9 Å². The summed E-state index contributed by atoms with van der Waals surface area (Å²) in [7, 11) is 3.17. The zero-order chi connectivity index (χ0) is 19.9. The van der Waals surface area contributed by atoms with Crippen LogP contribution in [0.4, 0.5) is 0 Å². The Balaban J connectivity index is 2.07. The fourth-order valence-electron chi connectivity index (χ4n) is 2.93. The summed E-state index contributed by atoms with van der Waals surface area (Å²) >= 11 is 0. The Morgan fingerprint density at radius 3 is 1.25 bits per heavy atom. The third kappa shape index (κ3) is 3.81. The molecule has 0 aliphatic carbocycles. The highest BCUT2D eigenvalue weighted by molar-refractivity contribution is 6.22. The van der Waals surface area contributed by atoms with Gasteiger partial charge in [0.25, 0.3) is 0 Å². The highest BCUT2D eigenvalue weighted by atomic mass is 16.5. The van der Waals surface area contributed by atoms with Crippen LogP contribution in [0.15, 0.2) is 83.1 Å². The van der Waals surface area contributed by atoms with Crippen LogP contribution in [0.2, 0.25) is 0 Å². The minimum Gasteiger partial charge on any atom is -0.497 e. The number of oxime groups is 2. The second-order valence-electron chi connectivity index (χ2n) is 5.90. The van der Waals surface area contributed by atoms with Gasteiger partial charge in [0.05, 0.1) is 14.2 Å². The van der Waals surface area contributed by atoms with E-state index >= 15 is 0 Å². The molecule has 0 spiro atoms. The van der Waals surface area contributed by atoms with Crippen molar-refractivity contribution in [2.24, 2.45) is 10.3 Å². The van der Waals surface area contributed by atoms with Gasteiger partial charge in [-0.05, 0) is 48.5 Å². The molecule has 0 atom stereocenters. The predicted molar refractivity (Wildman–Crippen MR) is 107 cm³/mol. The number of ether oxygens (including phenoxy) is 2. The van der Waals surface area contributed by atoms with Gasteiger partial charge >= 0.3 is 0 Å². The monoisotopic (exact) mass is 376 g/mol. The molecule has 0 unspecified atom stereocenters. The van der Waals surface area contributed by atoms with Gasteiger partial charge in [-0.15, -0.1) is 0 Å². The standard InChI is InChI=1S/C22H20N2O4/c1-27-17-11-7-15(8-12-17)21(23-25)19-5-3-4-6-20(19)22(24-26)16-9-13-18(28-2)14-10-16/h3-14,25-26H,1-2H3. The molecule has 3 rings (SSSR count). The highest BCUT2D eigenvalue weighted by Crippen LogP contribution is 2.22. The third-order valence-electron chi connectivity index (χ3n) is 4.36. The van der Waals surface area contributed by atoms with Gasteiger partial charge in [-0.25, -0.2) is 0 Å². The van der Waals surface area contributed by atoms with Crippen LogP contribution >= 0.6 is 0 Å². The molecule has 0 amide bonds. The number of benzene rings is 3. The molecule has 0 fully saturated rings. The Kier molecular flexibility index (Phi) is 5.91. The summed E-state index contributed by atoms with van der Waals surface area (Å²) in [5, 5.41) is 26.4. The van der Waals surface area contributed by atoms with Gasteiger partial charge in [0, 0.05) is 22.3 Å². The van der Waals surface area contributed by atoms with Crippen LogP contribution in [0, 0.1) is 0 Å². The number of nitrogens with zero attached hydrogens (tertiary/aromatic N) is 2. The molecule has 0 saturated carbocycles. The average Bonchev–Trinajstić information content (AvgIpc) is 2.77. The molecule has 6 heteroatoms. The number of rotatable bonds is 6. The molecule has 6 nitrogen and oxygen atoms in total. The first-order valence-corrected chi connectivity index (χ1v) is 8.54. The minimum absolute atomic E-state index is 0.355. The van der Waals surface area contributed by atoms with Crippen molar-refractivity contribution in [2.45, 2.75) is 0 Å². The lowest BCUT2D eigenvalue weighted by molar-refractivity contribution is 0.318. The van der Waals surface area contributed by atoms with Crippen molar-refractivity contribution < 1.29 is 19.9 Å². The number of hydrogen-bond donors (Lipinski definition) is 2. The van der Waals surface area contributed by atoms with Crippen molar-refractivity contribution in [3.05, 3.63) is 95.1 Å². The van der Waals surface area contributed by atoms with E-state index in [1.807, 2.05) is 24.3 Å². The second kappa shape index (κ2) is 8.73. The van der Waals surface area contributed by atoms with E-state index in [4.69, 9.17) is 9.47 Å². The first-order valence-electron chi connectivity index (χ1n) is 8.54. The highest BCUT2D eigenvalue weighted by Gasteiger charge is 2.18. The van der Waals surface area contributed by atoms with Crippen molar-refractivity contribution >= 4 is 11.4 Å². The van der Waals surface area contributed by atoms with E-state index in [1.54, 1.807) is 62.8 Å². The largest absolute Gasteiger partial charge is 0.497 e. The lowest BCUT2D eigenvalue weighted by Crippen LogP contribution is -2.13. The number of hydrogen-bond acceptors (Lipinski definition) is 6. The molecule has 28 heavy (non-hydrogen) atoms. The summed E-state index contributed by atoms with van der Waals surface area (Å²) in [5.41, 5.74) is 3.35. The van der Waals surface area contributed by atoms with Gasteiger partial charge in [-0.2, -0.15) is 0 Å². The van der Waals surface area contributed by atoms with Gasteiger partial charge in [0.2, 0.25) is 0 Å². The Morgan fingerprint density at radius 2 is 0.964 bits per heavy atom. The van der Waals surface area contributed by atoms with Crippen LogP contribution in [0.1, 0.15) is 22.3 Å². The molecule has 0 aliphatic rings. The van der Waals surface area contributed by atoms with Crippen LogP contribution in [0.5, 0.6) is 11.5 Å².